The molecule has 21 heavy (non-hydrogen) atoms. The van der Waals surface area contributed by atoms with Crippen LogP contribution >= 0.6 is 0 Å². The van der Waals surface area contributed by atoms with Crippen molar-refractivity contribution < 1.29 is 39.4 Å². The van der Waals surface area contributed by atoms with E-state index in [1.807, 2.05) is 0 Å². The van der Waals surface area contributed by atoms with Crippen molar-refractivity contribution in [1.82, 2.24) is 0 Å². The van der Waals surface area contributed by atoms with Crippen LogP contribution in [0.4, 0.5) is 0 Å². The van der Waals surface area contributed by atoms with Crippen LogP contribution in [0.15, 0.2) is 0 Å². The normalized spacial score (nSPS) is 35.8. The molecule has 11 heteroatoms. The Morgan fingerprint density at radius 3 is 2.10 bits per heavy atom. The van der Waals surface area contributed by atoms with E-state index in [4.69, 9.17) is 18.4 Å². The van der Waals surface area contributed by atoms with E-state index in [1.165, 1.54) is 0 Å². The van der Waals surface area contributed by atoms with E-state index in [0.717, 1.165) is 12.5 Å². The van der Waals surface area contributed by atoms with Gasteiger partial charge in [0.2, 0.25) is 6.29 Å². The molecule has 0 bridgehead atoms. The van der Waals surface area contributed by atoms with Crippen molar-refractivity contribution in [1.29, 1.82) is 0 Å². The molecule has 0 aromatic rings. The fourth-order valence-corrected chi connectivity index (χ4v) is 3.10. The maximum Gasteiger partial charge on any atom is 0.266 e. The first-order valence-corrected chi connectivity index (χ1v) is 9.73. The van der Waals surface area contributed by atoms with Crippen molar-refractivity contribution >= 4 is 20.2 Å². The highest BCUT2D eigenvalue weighted by molar-refractivity contribution is 7.86. The van der Waals surface area contributed by atoms with Gasteiger partial charge < -0.3 is 14.2 Å². The van der Waals surface area contributed by atoms with Gasteiger partial charge in [-0.1, -0.05) is 0 Å². The van der Waals surface area contributed by atoms with E-state index in [-0.39, 0.29) is 6.61 Å². The summed E-state index contributed by atoms with van der Waals surface area (Å²) >= 11 is 0. The fraction of sp³-hybridized carbons (Fsp3) is 1.00. The maximum absolute atomic E-state index is 11.2. The van der Waals surface area contributed by atoms with Gasteiger partial charge in [0.15, 0.2) is 5.79 Å². The lowest BCUT2D eigenvalue weighted by Crippen LogP contribution is -2.33. The number of hydrogen-bond donors (Lipinski definition) is 0. The molecule has 124 valence electrons. The van der Waals surface area contributed by atoms with E-state index >= 15 is 0 Å². The predicted molar refractivity (Wildman–Crippen MR) is 69.2 cm³/mol. The molecule has 0 saturated carbocycles. The molecule has 0 N–H and O–H groups in total. The third-order valence-corrected chi connectivity index (χ3v) is 3.93. The second-order valence-corrected chi connectivity index (χ2v) is 8.64. The van der Waals surface area contributed by atoms with Gasteiger partial charge in [0.1, 0.15) is 18.3 Å². The highest BCUT2D eigenvalue weighted by atomic mass is 32.2. The zero-order chi connectivity index (χ0) is 16.1. The second kappa shape index (κ2) is 5.41. The zero-order valence-corrected chi connectivity index (χ0v) is 13.6. The van der Waals surface area contributed by atoms with E-state index in [1.54, 1.807) is 13.8 Å². The largest absolute Gasteiger partial charge is 0.342 e. The lowest BCUT2D eigenvalue weighted by atomic mass is 10.1. The average Bonchev–Trinajstić information content (AvgIpc) is 2.68. The van der Waals surface area contributed by atoms with Gasteiger partial charge in [-0.05, 0) is 13.8 Å². The Morgan fingerprint density at radius 1 is 1.00 bits per heavy atom. The fourth-order valence-electron chi connectivity index (χ4n) is 2.22. The Kier molecular flexibility index (Phi) is 4.39. The molecule has 0 aliphatic carbocycles. The topological polar surface area (TPSA) is 114 Å². The predicted octanol–water partition coefficient (Wildman–Crippen LogP) is -0.816. The number of fused-ring (bicyclic) bond motifs is 1. The van der Waals surface area contributed by atoms with Gasteiger partial charge in [-0.15, -0.1) is 0 Å². The monoisotopic (exact) mass is 346 g/mol. The molecule has 0 amide bonds. The van der Waals surface area contributed by atoms with Crippen LogP contribution in [0.3, 0.4) is 0 Å². The second-order valence-electron chi connectivity index (χ2n) is 5.40. The minimum absolute atomic E-state index is 0.316. The highest BCUT2D eigenvalue weighted by Crippen LogP contribution is 2.39. The molecule has 2 fully saturated rings. The maximum atomic E-state index is 11.2. The first kappa shape index (κ1) is 17.1. The minimum Gasteiger partial charge on any atom is -0.342 e. The molecule has 1 unspecified atom stereocenters. The molecule has 0 spiro atoms. The Balaban J connectivity index is 2.13. The summed E-state index contributed by atoms with van der Waals surface area (Å²) in [6.07, 6.45) is -1.72. The lowest BCUT2D eigenvalue weighted by molar-refractivity contribution is -0.215. The van der Waals surface area contributed by atoms with Crippen LogP contribution in [0.2, 0.25) is 0 Å². The summed E-state index contributed by atoms with van der Waals surface area (Å²) in [5.74, 6) is -0.957. The molecule has 2 aliphatic heterocycles. The van der Waals surface area contributed by atoms with Crippen LogP contribution in [-0.2, 0) is 42.8 Å². The van der Waals surface area contributed by atoms with Crippen LogP contribution in [0, 0.1) is 0 Å². The summed E-state index contributed by atoms with van der Waals surface area (Å²) < 4.78 is 70.5. The average molecular weight is 346 g/mol. The smallest absolute Gasteiger partial charge is 0.266 e. The first-order chi connectivity index (χ1) is 9.36. The molecule has 2 heterocycles. The van der Waals surface area contributed by atoms with Crippen molar-refractivity contribution in [2.75, 3.05) is 19.1 Å². The SMILES string of the molecule is CC1(C)O[C@@H]2[C@@H](COS(C)(=O)=O)OC(OS(C)(=O)=O)[C@@H]2O1. The number of rotatable bonds is 5. The summed E-state index contributed by atoms with van der Waals surface area (Å²) in [6.45, 7) is 2.98. The van der Waals surface area contributed by atoms with Gasteiger partial charge in [-0.2, -0.15) is 16.8 Å². The first-order valence-electron chi connectivity index (χ1n) is 6.10. The van der Waals surface area contributed by atoms with Crippen LogP contribution in [0.1, 0.15) is 13.8 Å². The molecular formula is C10H18O9S2. The van der Waals surface area contributed by atoms with Crippen molar-refractivity contribution in [3.05, 3.63) is 0 Å². The Hall–Kier alpha value is -0.300. The Morgan fingerprint density at radius 2 is 1.57 bits per heavy atom. The summed E-state index contributed by atoms with van der Waals surface area (Å²) in [7, 11) is -7.43. The Bertz CT molecular complexity index is 594. The summed E-state index contributed by atoms with van der Waals surface area (Å²) in [4.78, 5) is 0. The van der Waals surface area contributed by atoms with Crippen LogP contribution < -0.4 is 0 Å². The van der Waals surface area contributed by atoms with Crippen molar-refractivity contribution in [2.45, 2.75) is 44.2 Å². The molecule has 0 radical (unpaired) electrons. The van der Waals surface area contributed by atoms with Gasteiger partial charge in [0, 0.05) is 0 Å². The summed E-state index contributed by atoms with van der Waals surface area (Å²) in [6, 6.07) is 0. The number of hydrogen-bond acceptors (Lipinski definition) is 9. The molecule has 2 rings (SSSR count). The van der Waals surface area contributed by atoms with Gasteiger partial charge in [-0.3, -0.25) is 4.18 Å². The molecule has 0 aromatic heterocycles. The third kappa shape index (κ3) is 4.58. The van der Waals surface area contributed by atoms with E-state index in [0.29, 0.717) is 0 Å². The van der Waals surface area contributed by atoms with Crippen molar-refractivity contribution in [3.8, 4) is 0 Å². The number of ether oxygens (including phenoxy) is 3. The van der Waals surface area contributed by atoms with Gasteiger partial charge in [0.25, 0.3) is 20.2 Å². The third-order valence-electron chi connectivity index (χ3n) is 2.82. The van der Waals surface area contributed by atoms with E-state index < -0.39 is 50.6 Å². The van der Waals surface area contributed by atoms with Gasteiger partial charge >= 0.3 is 0 Å². The summed E-state index contributed by atoms with van der Waals surface area (Å²) in [5, 5.41) is 0. The van der Waals surface area contributed by atoms with Crippen LogP contribution in [-0.4, -0.2) is 66.3 Å². The molecular weight excluding hydrogens is 328 g/mol. The quantitative estimate of drug-likeness (QED) is 0.589. The molecule has 9 nitrogen and oxygen atoms in total. The minimum atomic E-state index is -3.77. The molecule has 4 atom stereocenters. The van der Waals surface area contributed by atoms with Crippen LogP contribution in [0.5, 0.6) is 0 Å². The van der Waals surface area contributed by atoms with Crippen LogP contribution in [0.25, 0.3) is 0 Å². The molecule has 0 aromatic carbocycles. The standard InChI is InChI=1S/C10H18O9S2/c1-10(2)17-7-6(5-15-20(3,11)12)16-9(8(7)18-10)19-21(4,13)14/h6-9H,5H2,1-4H3/t6-,7-,8-,9?/m1/s1. The highest BCUT2D eigenvalue weighted by Gasteiger charge is 2.56. The van der Waals surface area contributed by atoms with Gasteiger partial charge in [0.05, 0.1) is 19.1 Å². The van der Waals surface area contributed by atoms with Crippen molar-refractivity contribution in [3.63, 3.8) is 0 Å². The molecule has 2 saturated heterocycles. The molecule has 2 aliphatic rings. The Labute approximate surface area is 123 Å². The van der Waals surface area contributed by atoms with E-state index in [2.05, 4.69) is 4.18 Å². The summed E-state index contributed by atoms with van der Waals surface area (Å²) in [5.41, 5.74) is 0. The zero-order valence-electron chi connectivity index (χ0n) is 12.0. The van der Waals surface area contributed by atoms with Gasteiger partial charge in [-0.25, -0.2) is 4.18 Å². The lowest BCUT2D eigenvalue weighted by Gasteiger charge is -2.23. The van der Waals surface area contributed by atoms with E-state index in [9.17, 15) is 16.8 Å². The van der Waals surface area contributed by atoms with Crippen molar-refractivity contribution in [2.24, 2.45) is 0 Å².